The maximum Gasteiger partial charge on any atom is 0.401 e. The summed E-state index contributed by atoms with van der Waals surface area (Å²) in [6.45, 7) is 3.94. The van der Waals surface area contributed by atoms with E-state index in [2.05, 4.69) is 4.74 Å². The molecule has 0 aliphatic rings. The second kappa shape index (κ2) is 6.64. The highest BCUT2D eigenvalue weighted by Gasteiger charge is 2.31. The quantitative estimate of drug-likeness (QED) is 0.556. The third kappa shape index (κ3) is 6.99. The van der Waals surface area contributed by atoms with E-state index in [1.54, 1.807) is 13.8 Å². The van der Waals surface area contributed by atoms with Crippen molar-refractivity contribution in [2.75, 3.05) is 20.2 Å². The van der Waals surface area contributed by atoms with E-state index < -0.39 is 18.7 Å². The van der Waals surface area contributed by atoms with Gasteiger partial charge < -0.3 is 4.74 Å². The molecule has 0 amide bonds. The average molecular weight is 253 g/mol. The zero-order valence-corrected chi connectivity index (χ0v) is 10.5. The lowest BCUT2D eigenvalue weighted by Gasteiger charge is -2.26. The van der Waals surface area contributed by atoms with E-state index >= 15 is 0 Å². The topological polar surface area (TPSA) is 29.5 Å². The molecule has 0 radical (unpaired) electrons. The highest BCUT2D eigenvalue weighted by molar-refractivity contribution is 5.87. The van der Waals surface area contributed by atoms with Crippen LogP contribution in [0.5, 0.6) is 0 Å². The molecule has 0 atom stereocenters. The number of alkyl halides is 3. The molecule has 0 saturated heterocycles. The van der Waals surface area contributed by atoms with Crippen LogP contribution in [0.15, 0.2) is 11.6 Å². The Kier molecular flexibility index (Phi) is 6.23. The zero-order chi connectivity index (χ0) is 13.6. The molecule has 0 saturated carbocycles. The normalized spacial score (nSPS) is 13.4. The molecule has 0 aromatic carbocycles. The van der Waals surface area contributed by atoms with Crippen molar-refractivity contribution in [2.24, 2.45) is 0 Å². The molecule has 0 aliphatic carbocycles. The summed E-state index contributed by atoms with van der Waals surface area (Å²) < 4.78 is 41.2. The van der Waals surface area contributed by atoms with Crippen molar-refractivity contribution in [1.82, 2.24) is 4.90 Å². The number of rotatable bonds is 5. The molecule has 3 nitrogen and oxygen atoms in total. The maximum atomic E-state index is 12.3. The molecule has 0 aromatic heterocycles. The van der Waals surface area contributed by atoms with Gasteiger partial charge in [-0.05, 0) is 20.8 Å². The summed E-state index contributed by atoms with van der Waals surface area (Å²) in [7, 11) is 1.23. The molecule has 0 heterocycles. The van der Waals surface area contributed by atoms with E-state index in [4.69, 9.17) is 0 Å². The van der Waals surface area contributed by atoms with Crippen LogP contribution in [0, 0.1) is 0 Å². The van der Waals surface area contributed by atoms with Crippen molar-refractivity contribution in [3.05, 3.63) is 11.6 Å². The fourth-order valence-electron chi connectivity index (χ4n) is 1.19. The van der Waals surface area contributed by atoms with Crippen LogP contribution in [0.4, 0.5) is 13.2 Å². The Morgan fingerprint density at radius 3 is 2.29 bits per heavy atom. The third-order valence-corrected chi connectivity index (χ3v) is 2.25. The number of hydrogen-bond donors (Lipinski definition) is 0. The predicted molar refractivity (Wildman–Crippen MR) is 58.5 cm³/mol. The third-order valence-electron chi connectivity index (χ3n) is 2.25. The molecule has 0 aliphatic heterocycles. The van der Waals surface area contributed by atoms with Crippen molar-refractivity contribution in [2.45, 2.75) is 33.0 Å². The van der Waals surface area contributed by atoms with E-state index in [1.807, 2.05) is 0 Å². The molecule has 0 fully saturated rings. The van der Waals surface area contributed by atoms with Gasteiger partial charge in [0.1, 0.15) is 0 Å². The van der Waals surface area contributed by atoms with E-state index in [9.17, 15) is 18.0 Å². The Labute approximate surface area is 99.2 Å². The summed E-state index contributed by atoms with van der Waals surface area (Å²) in [5.41, 5.74) is 0.306. The summed E-state index contributed by atoms with van der Waals surface area (Å²) in [5.74, 6) is -0.527. The second-order valence-corrected chi connectivity index (χ2v) is 4.02. The van der Waals surface area contributed by atoms with Crippen molar-refractivity contribution < 1.29 is 22.7 Å². The molecular weight excluding hydrogens is 235 g/mol. The molecule has 0 N–H and O–H groups in total. The molecule has 0 aromatic rings. The Morgan fingerprint density at radius 2 is 1.94 bits per heavy atom. The minimum atomic E-state index is -4.24. The molecule has 0 bridgehead atoms. The van der Waals surface area contributed by atoms with Crippen LogP contribution in [0.1, 0.15) is 20.8 Å². The van der Waals surface area contributed by atoms with Crippen LogP contribution in [0.3, 0.4) is 0 Å². The lowest BCUT2D eigenvalue weighted by molar-refractivity contribution is -0.148. The van der Waals surface area contributed by atoms with Gasteiger partial charge in [0.05, 0.1) is 13.7 Å². The van der Waals surface area contributed by atoms with Gasteiger partial charge >= 0.3 is 12.1 Å². The van der Waals surface area contributed by atoms with Crippen LogP contribution in [-0.4, -0.2) is 43.3 Å². The SMILES string of the molecule is COC(=O)C(C)=CCN(CC(F)(F)F)C(C)C. The number of methoxy groups -OCH3 is 1. The van der Waals surface area contributed by atoms with E-state index in [1.165, 1.54) is 25.0 Å². The summed E-state index contributed by atoms with van der Waals surface area (Å²) >= 11 is 0. The van der Waals surface area contributed by atoms with Gasteiger partial charge in [0.2, 0.25) is 0 Å². The van der Waals surface area contributed by atoms with Gasteiger partial charge in [0.15, 0.2) is 0 Å². The zero-order valence-electron chi connectivity index (χ0n) is 10.5. The smallest absolute Gasteiger partial charge is 0.401 e. The first-order valence-corrected chi connectivity index (χ1v) is 5.23. The van der Waals surface area contributed by atoms with Crippen LogP contribution >= 0.6 is 0 Å². The van der Waals surface area contributed by atoms with Gasteiger partial charge in [-0.25, -0.2) is 4.79 Å². The molecule has 100 valence electrons. The first-order valence-electron chi connectivity index (χ1n) is 5.23. The molecule has 0 spiro atoms. The minimum absolute atomic E-state index is 0.0676. The highest BCUT2D eigenvalue weighted by Crippen LogP contribution is 2.18. The Bertz CT molecular complexity index is 285. The Hall–Kier alpha value is -1.04. The minimum Gasteiger partial charge on any atom is -0.466 e. The predicted octanol–water partition coefficient (Wildman–Crippen LogP) is 2.38. The van der Waals surface area contributed by atoms with E-state index in [0.29, 0.717) is 5.57 Å². The van der Waals surface area contributed by atoms with Crippen molar-refractivity contribution >= 4 is 5.97 Å². The lowest BCUT2D eigenvalue weighted by Crippen LogP contribution is -2.39. The number of esters is 1. The fraction of sp³-hybridized carbons (Fsp3) is 0.727. The summed E-state index contributed by atoms with van der Waals surface area (Å²) in [6.07, 6.45) is -2.80. The average Bonchev–Trinajstić information content (AvgIpc) is 2.20. The molecule has 0 rings (SSSR count). The van der Waals surface area contributed by atoms with Crippen LogP contribution in [0.25, 0.3) is 0 Å². The standard InChI is InChI=1S/C11H18F3NO2/c1-8(2)15(7-11(12,13)14)6-5-9(3)10(16)17-4/h5,8H,6-7H2,1-4H3. The Morgan fingerprint density at radius 1 is 1.41 bits per heavy atom. The fourth-order valence-corrected chi connectivity index (χ4v) is 1.19. The monoisotopic (exact) mass is 253 g/mol. The summed E-state index contributed by atoms with van der Waals surface area (Å²) in [6, 6.07) is -0.252. The maximum absolute atomic E-state index is 12.3. The number of carbonyl (C=O) groups is 1. The van der Waals surface area contributed by atoms with Gasteiger partial charge in [0, 0.05) is 18.2 Å². The van der Waals surface area contributed by atoms with E-state index in [-0.39, 0.29) is 12.6 Å². The number of carbonyl (C=O) groups excluding carboxylic acids is 1. The highest BCUT2D eigenvalue weighted by atomic mass is 19.4. The number of ether oxygens (including phenoxy) is 1. The molecule has 6 heteroatoms. The van der Waals surface area contributed by atoms with Gasteiger partial charge in [-0.1, -0.05) is 6.08 Å². The van der Waals surface area contributed by atoms with Gasteiger partial charge in [0.25, 0.3) is 0 Å². The summed E-state index contributed by atoms with van der Waals surface area (Å²) in [5, 5.41) is 0. The molecular formula is C11H18F3NO2. The van der Waals surface area contributed by atoms with Crippen molar-refractivity contribution in [1.29, 1.82) is 0 Å². The summed E-state index contributed by atoms with van der Waals surface area (Å²) in [4.78, 5) is 12.3. The lowest BCUT2D eigenvalue weighted by atomic mass is 10.2. The number of nitrogens with zero attached hydrogens (tertiary/aromatic N) is 1. The largest absolute Gasteiger partial charge is 0.466 e. The first-order chi connectivity index (χ1) is 7.67. The van der Waals surface area contributed by atoms with Gasteiger partial charge in [-0.3, -0.25) is 4.90 Å². The first kappa shape index (κ1) is 16.0. The van der Waals surface area contributed by atoms with Crippen LogP contribution in [0.2, 0.25) is 0 Å². The van der Waals surface area contributed by atoms with Crippen molar-refractivity contribution in [3.8, 4) is 0 Å². The van der Waals surface area contributed by atoms with Crippen LogP contribution in [-0.2, 0) is 9.53 Å². The number of hydrogen-bond acceptors (Lipinski definition) is 3. The number of halogens is 3. The van der Waals surface area contributed by atoms with Gasteiger partial charge in [-0.15, -0.1) is 0 Å². The second-order valence-electron chi connectivity index (χ2n) is 4.02. The van der Waals surface area contributed by atoms with Crippen LogP contribution < -0.4 is 0 Å². The van der Waals surface area contributed by atoms with E-state index in [0.717, 1.165) is 0 Å². The van der Waals surface area contributed by atoms with Crippen molar-refractivity contribution in [3.63, 3.8) is 0 Å². The molecule has 0 unspecified atom stereocenters. The molecule has 17 heavy (non-hydrogen) atoms. The Balaban J connectivity index is 4.52. The van der Waals surface area contributed by atoms with Gasteiger partial charge in [-0.2, -0.15) is 13.2 Å².